The molecule has 3 amide bonds. The Labute approximate surface area is 200 Å². The van der Waals surface area contributed by atoms with E-state index in [2.05, 4.69) is 28.2 Å². The summed E-state index contributed by atoms with van der Waals surface area (Å²) < 4.78 is 6.05. The molecule has 4 rings (SSSR count). The van der Waals surface area contributed by atoms with Crippen LogP contribution < -0.4 is 10.2 Å². The van der Waals surface area contributed by atoms with Gasteiger partial charge in [-0.05, 0) is 74.1 Å². The van der Waals surface area contributed by atoms with E-state index in [1.807, 2.05) is 13.0 Å². The van der Waals surface area contributed by atoms with E-state index in [1.165, 1.54) is 17.0 Å². The molecule has 2 aliphatic rings. The Balaban J connectivity index is 1.41. The van der Waals surface area contributed by atoms with Gasteiger partial charge >= 0.3 is 5.97 Å². The first-order valence-corrected chi connectivity index (χ1v) is 11.7. The molecule has 1 aliphatic heterocycles. The number of imide groups is 1. The second-order valence-corrected chi connectivity index (χ2v) is 9.69. The maximum Gasteiger partial charge on any atom is 0.338 e. The third kappa shape index (κ3) is 4.85. The number of hydrogen-bond acceptors (Lipinski definition) is 5. The molecule has 33 heavy (non-hydrogen) atoms. The summed E-state index contributed by atoms with van der Waals surface area (Å²) in [5.41, 5.74) is 2.02. The van der Waals surface area contributed by atoms with Gasteiger partial charge < -0.3 is 10.1 Å². The number of anilines is 2. The molecule has 0 spiro atoms. The predicted octanol–water partition coefficient (Wildman–Crippen LogP) is 4.48. The van der Waals surface area contributed by atoms with Crippen LogP contribution in [-0.2, 0) is 19.1 Å². The zero-order chi connectivity index (χ0) is 23.7. The van der Waals surface area contributed by atoms with Crippen LogP contribution in [0.3, 0.4) is 0 Å². The van der Waals surface area contributed by atoms with Crippen LogP contribution in [-0.4, -0.2) is 30.3 Å². The number of hydrogen-bond donors (Lipinski definition) is 1. The minimum Gasteiger partial charge on any atom is -0.452 e. The maximum atomic E-state index is 12.9. The highest BCUT2D eigenvalue weighted by Gasteiger charge is 2.50. The van der Waals surface area contributed by atoms with Gasteiger partial charge in [0, 0.05) is 10.2 Å². The Kier molecular flexibility index (Phi) is 6.65. The summed E-state index contributed by atoms with van der Waals surface area (Å²) in [4.78, 5) is 51.8. The van der Waals surface area contributed by atoms with Crippen LogP contribution in [0.25, 0.3) is 0 Å². The summed E-state index contributed by atoms with van der Waals surface area (Å²) in [6, 6.07) is 11.7. The molecular weight excluding hydrogens is 488 g/mol. The van der Waals surface area contributed by atoms with Crippen molar-refractivity contribution in [1.82, 2.24) is 0 Å². The van der Waals surface area contributed by atoms with E-state index < -0.39 is 18.5 Å². The van der Waals surface area contributed by atoms with E-state index in [4.69, 9.17) is 4.74 Å². The highest BCUT2D eigenvalue weighted by Crippen LogP contribution is 2.42. The lowest BCUT2D eigenvalue weighted by atomic mass is 9.76. The number of benzene rings is 2. The molecule has 1 saturated carbocycles. The number of carbonyl (C=O) groups is 4. The van der Waals surface area contributed by atoms with Crippen LogP contribution >= 0.6 is 15.9 Å². The minimum atomic E-state index is -0.704. The van der Waals surface area contributed by atoms with Crippen molar-refractivity contribution in [2.24, 2.45) is 17.8 Å². The van der Waals surface area contributed by atoms with Crippen molar-refractivity contribution in [2.45, 2.75) is 33.1 Å². The van der Waals surface area contributed by atoms with Gasteiger partial charge in [0.05, 0.1) is 23.1 Å². The van der Waals surface area contributed by atoms with Crippen LogP contribution in [0.15, 0.2) is 46.9 Å². The number of esters is 1. The van der Waals surface area contributed by atoms with Gasteiger partial charge in [0.1, 0.15) is 0 Å². The second kappa shape index (κ2) is 9.47. The third-order valence-corrected chi connectivity index (χ3v) is 6.82. The molecule has 2 fully saturated rings. The fraction of sp³-hybridized carbons (Fsp3) is 0.360. The lowest BCUT2D eigenvalue weighted by Gasteiger charge is -2.25. The summed E-state index contributed by atoms with van der Waals surface area (Å²) in [5, 5.41) is 2.71. The van der Waals surface area contributed by atoms with Crippen LogP contribution in [0, 0.1) is 24.7 Å². The fourth-order valence-corrected chi connectivity index (χ4v) is 5.06. The van der Waals surface area contributed by atoms with Crippen molar-refractivity contribution in [1.29, 1.82) is 0 Å². The number of fused-ring (bicyclic) bond motifs is 1. The normalized spacial score (nSPS) is 22.2. The number of nitrogens with zero attached hydrogens (tertiary/aromatic N) is 1. The quantitative estimate of drug-likeness (QED) is 0.470. The summed E-state index contributed by atoms with van der Waals surface area (Å²) in [6.07, 6.45) is 2.35. The predicted molar refractivity (Wildman–Crippen MR) is 127 cm³/mol. The van der Waals surface area contributed by atoms with Gasteiger partial charge in [-0.3, -0.25) is 19.3 Å². The van der Waals surface area contributed by atoms with E-state index in [0.29, 0.717) is 30.1 Å². The van der Waals surface area contributed by atoms with Crippen molar-refractivity contribution >= 4 is 51.0 Å². The molecule has 7 nitrogen and oxygen atoms in total. The standard InChI is InChI=1S/C25H25BrN2O5/c1-14-6-8-19-20(10-14)24(31)28(23(19)30)18-5-3-4-16(12-18)25(32)33-13-22(29)27-21-9-7-17(26)11-15(21)2/h3-5,7,9,11-12,14,19-20H,6,8,10,13H2,1-2H3,(H,27,29)/t14-,19+,20+/m0/s1. The topological polar surface area (TPSA) is 92.8 Å². The van der Waals surface area contributed by atoms with E-state index >= 15 is 0 Å². The Morgan fingerprint density at radius 3 is 2.61 bits per heavy atom. The zero-order valence-electron chi connectivity index (χ0n) is 18.5. The molecule has 1 N–H and O–H groups in total. The highest BCUT2D eigenvalue weighted by atomic mass is 79.9. The van der Waals surface area contributed by atoms with Gasteiger partial charge in [-0.25, -0.2) is 4.79 Å². The van der Waals surface area contributed by atoms with Crippen molar-refractivity contribution in [3.63, 3.8) is 0 Å². The van der Waals surface area contributed by atoms with Crippen LogP contribution in [0.4, 0.5) is 11.4 Å². The van der Waals surface area contributed by atoms with E-state index in [-0.39, 0.29) is 29.2 Å². The molecule has 3 atom stereocenters. The second-order valence-electron chi connectivity index (χ2n) is 8.78. The largest absolute Gasteiger partial charge is 0.452 e. The zero-order valence-corrected chi connectivity index (χ0v) is 20.1. The van der Waals surface area contributed by atoms with Crippen LogP contribution in [0.2, 0.25) is 0 Å². The summed E-state index contributed by atoms with van der Waals surface area (Å²) in [6.45, 7) is 3.50. The first-order chi connectivity index (χ1) is 15.7. The molecule has 172 valence electrons. The van der Waals surface area contributed by atoms with Crippen LogP contribution in [0.1, 0.15) is 42.1 Å². The Morgan fingerprint density at radius 2 is 1.85 bits per heavy atom. The highest BCUT2D eigenvalue weighted by molar-refractivity contribution is 9.10. The average Bonchev–Trinajstić information content (AvgIpc) is 3.03. The SMILES string of the molecule is Cc1cc(Br)ccc1NC(=O)COC(=O)c1cccc(N2C(=O)[C@@H]3CC[C@H](C)C[C@H]3C2=O)c1. The van der Waals surface area contributed by atoms with Crippen molar-refractivity contribution in [3.05, 3.63) is 58.1 Å². The molecule has 1 saturated heterocycles. The summed E-state index contributed by atoms with van der Waals surface area (Å²) in [7, 11) is 0. The Hall–Kier alpha value is -3.00. The number of halogens is 1. The summed E-state index contributed by atoms with van der Waals surface area (Å²) in [5.74, 6) is -1.73. The molecule has 2 aromatic rings. The van der Waals surface area contributed by atoms with E-state index in [9.17, 15) is 19.2 Å². The van der Waals surface area contributed by atoms with Crippen molar-refractivity contribution in [2.75, 3.05) is 16.8 Å². The monoisotopic (exact) mass is 512 g/mol. The number of aryl methyl sites for hydroxylation is 1. The average molecular weight is 513 g/mol. The number of nitrogens with one attached hydrogen (secondary N) is 1. The molecule has 0 unspecified atom stereocenters. The summed E-state index contributed by atoms with van der Waals surface area (Å²) >= 11 is 3.37. The molecular formula is C25H25BrN2O5. The lowest BCUT2D eigenvalue weighted by molar-refractivity contribution is -0.122. The van der Waals surface area contributed by atoms with Crippen molar-refractivity contribution < 1.29 is 23.9 Å². The molecule has 1 heterocycles. The van der Waals surface area contributed by atoms with E-state index in [0.717, 1.165) is 16.5 Å². The Morgan fingerprint density at radius 1 is 1.09 bits per heavy atom. The minimum absolute atomic E-state index is 0.170. The first-order valence-electron chi connectivity index (χ1n) is 11.0. The van der Waals surface area contributed by atoms with Crippen LogP contribution in [0.5, 0.6) is 0 Å². The first kappa shape index (κ1) is 23.2. The molecule has 8 heteroatoms. The van der Waals surface area contributed by atoms with Crippen molar-refractivity contribution in [3.8, 4) is 0 Å². The maximum absolute atomic E-state index is 12.9. The molecule has 1 aliphatic carbocycles. The van der Waals surface area contributed by atoms with Gasteiger partial charge in [-0.15, -0.1) is 0 Å². The smallest absolute Gasteiger partial charge is 0.338 e. The van der Waals surface area contributed by atoms with Gasteiger partial charge in [0.15, 0.2) is 6.61 Å². The van der Waals surface area contributed by atoms with Gasteiger partial charge in [0.2, 0.25) is 11.8 Å². The molecule has 0 radical (unpaired) electrons. The molecule has 0 bridgehead atoms. The lowest BCUT2D eigenvalue weighted by Crippen LogP contribution is -2.31. The number of carbonyl (C=O) groups excluding carboxylic acids is 4. The number of ether oxygens (including phenoxy) is 1. The van der Waals surface area contributed by atoms with Gasteiger partial charge in [-0.1, -0.05) is 28.9 Å². The Bertz CT molecular complexity index is 1130. The van der Waals surface area contributed by atoms with Gasteiger partial charge in [0.25, 0.3) is 5.91 Å². The molecule has 0 aromatic heterocycles. The molecule has 2 aromatic carbocycles. The third-order valence-electron chi connectivity index (χ3n) is 6.32. The number of amides is 3. The fourth-order valence-electron chi connectivity index (χ4n) is 4.58. The van der Waals surface area contributed by atoms with E-state index in [1.54, 1.807) is 24.3 Å². The van der Waals surface area contributed by atoms with Gasteiger partial charge in [-0.2, -0.15) is 0 Å². The number of rotatable bonds is 5.